The summed E-state index contributed by atoms with van der Waals surface area (Å²) in [5.74, 6) is -4.54. The second-order valence-corrected chi connectivity index (χ2v) is 7.45. The minimum Gasteiger partial charge on any atom is -0.508 e. The van der Waals surface area contributed by atoms with Gasteiger partial charge in [0, 0.05) is 30.0 Å². The van der Waals surface area contributed by atoms with Crippen LogP contribution < -0.4 is 5.32 Å². The normalized spacial score (nSPS) is 13.2. The maximum Gasteiger partial charge on any atom is 0.407 e. The SMILES string of the molecule is O=C(NC(Cc1c(F)cc(O)cc1F)C(=O)O)OCC1c2ccccc2-c2ccccc21. The van der Waals surface area contributed by atoms with Gasteiger partial charge in [0.1, 0.15) is 30.0 Å². The molecule has 0 bridgehead atoms. The number of benzene rings is 3. The molecule has 1 aliphatic carbocycles. The Kier molecular flexibility index (Phi) is 5.77. The molecule has 0 aliphatic heterocycles. The van der Waals surface area contributed by atoms with E-state index in [0.29, 0.717) is 12.1 Å². The lowest BCUT2D eigenvalue weighted by Gasteiger charge is -2.18. The number of aliphatic carboxylic acids is 1. The lowest BCUT2D eigenvalue weighted by atomic mass is 9.98. The van der Waals surface area contributed by atoms with Crippen LogP contribution in [0.15, 0.2) is 60.7 Å². The molecule has 3 N–H and O–H groups in total. The number of nitrogens with one attached hydrogen (secondary N) is 1. The molecule has 3 aromatic rings. The van der Waals surface area contributed by atoms with Crippen LogP contribution in [0.3, 0.4) is 0 Å². The van der Waals surface area contributed by atoms with Gasteiger partial charge in [0.2, 0.25) is 0 Å². The van der Waals surface area contributed by atoms with E-state index in [2.05, 4.69) is 5.32 Å². The third-order valence-electron chi connectivity index (χ3n) is 5.47. The number of aromatic hydroxyl groups is 1. The van der Waals surface area contributed by atoms with Gasteiger partial charge in [0.25, 0.3) is 0 Å². The molecular formula is C24H19F2NO5. The average molecular weight is 439 g/mol. The molecule has 0 heterocycles. The zero-order chi connectivity index (χ0) is 22.8. The Morgan fingerprint density at radius 1 is 0.969 bits per heavy atom. The summed E-state index contributed by atoms with van der Waals surface area (Å²) in [6, 6.07) is 15.2. The van der Waals surface area contributed by atoms with Crippen molar-refractivity contribution in [3.63, 3.8) is 0 Å². The number of fused-ring (bicyclic) bond motifs is 3. The smallest absolute Gasteiger partial charge is 0.407 e. The highest BCUT2D eigenvalue weighted by atomic mass is 19.1. The number of rotatable bonds is 6. The van der Waals surface area contributed by atoms with Gasteiger partial charge in [-0.1, -0.05) is 48.5 Å². The molecule has 1 aliphatic rings. The summed E-state index contributed by atoms with van der Waals surface area (Å²) in [6.07, 6.45) is -1.67. The third-order valence-corrected chi connectivity index (χ3v) is 5.47. The lowest BCUT2D eigenvalue weighted by Crippen LogP contribution is -2.43. The van der Waals surface area contributed by atoms with Crippen LogP contribution in [-0.2, 0) is 16.0 Å². The highest BCUT2D eigenvalue weighted by Crippen LogP contribution is 2.44. The van der Waals surface area contributed by atoms with Crippen LogP contribution in [0.4, 0.5) is 13.6 Å². The van der Waals surface area contributed by atoms with Gasteiger partial charge in [-0.3, -0.25) is 0 Å². The van der Waals surface area contributed by atoms with E-state index in [9.17, 15) is 28.6 Å². The van der Waals surface area contributed by atoms with Crippen molar-refractivity contribution >= 4 is 12.1 Å². The molecule has 8 heteroatoms. The number of hydrogen-bond donors (Lipinski definition) is 3. The van der Waals surface area contributed by atoms with Gasteiger partial charge < -0.3 is 20.3 Å². The molecule has 1 atom stereocenters. The third kappa shape index (κ3) is 4.12. The van der Waals surface area contributed by atoms with Crippen LogP contribution in [0.5, 0.6) is 5.75 Å². The fourth-order valence-electron chi connectivity index (χ4n) is 3.97. The maximum absolute atomic E-state index is 14.0. The van der Waals surface area contributed by atoms with Crippen LogP contribution in [-0.4, -0.2) is 34.9 Å². The first kappa shape index (κ1) is 21.3. The summed E-state index contributed by atoms with van der Waals surface area (Å²) < 4.78 is 33.2. The first-order valence-electron chi connectivity index (χ1n) is 9.86. The van der Waals surface area contributed by atoms with Gasteiger partial charge >= 0.3 is 12.1 Å². The number of ether oxygens (including phenoxy) is 1. The van der Waals surface area contributed by atoms with Crippen molar-refractivity contribution in [3.8, 4) is 16.9 Å². The molecule has 164 valence electrons. The maximum atomic E-state index is 14.0. The van der Waals surface area contributed by atoms with E-state index in [1.165, 1.54) is 0 Å². The second kappa shape index (κ2) is 8.66. The fraction of sp³-hybridized carbons (Fsp3) is 0.167. The van der Waals surface area contributed by atoms with Crippen molar-refractivity contribution in [2.45, 2.75) is 18.4 Å². The van der Waals surface area contributed by atoms with Gasteiger partial charge in [0.05, 0.1) is 0 Å². The fourth-order valence-corrected chi connectivity index (χ4v) is 3.97. The molecule has 1 amide bonds. The van der Waals surface area contributed by atoms with E-state index >= 15 is 0 Å². The monoisotopic (exact) mass is 439 g/mol. The van der Waals surface area contributed by atoms with E-state index in [1.54, 1.807) is 0 Å². The Hall–Kier alpha value is -3.94. The molecule has 4 rings (SSSR count). The van der Waals surface area contributed by atoms with Crippen LogP contribution >= 0.6 is 0 Å². The number of hydrogen-bond acceptors (Lipinski definition) is 4. The van der Waals surface area contributed by atoms with Crippen molar-refractivity contribution in [1.29, 1.82) is 0 Å². The number of carbonyl (C=O) groups is 2. The van der Waals surface area contributed by atoms with Crippen LogP contribution in [0.2, 0.25) is 0 Å². The summed E-state index contributed by atoms with van der Waals surface area (Å²) in [5.41, 5.74) is 3.50. The van der Waals surface area contributed by atoms with Crippen molar-refractivity contribution in [3.05, 3.63) is 89.0 Å². The number of carboxylic acids is 1. The first-order chi connectivity index (χ1) is 15.3. The number of phenolic OH excluding ortho intramolecular Hbond substituents is 1. The quantitative estimate of drug-likeness (QED) is 0.535. The van der Waals surface area contributed by atoms with E-state index < -0.39 is 47.5 Å². The Balaban J connectivity index is 1.46. The number of carbonyl (C=O) groups excluding carboxylic acids is 1. The zero-order valence-electron chi connectivity index (χ0n) is 16.7. The molecule has 0 saturated carbocycles. The standard InChI is InChI=1S/C24H19F2NO5/c25-20-9-13(28)10-21(26)18(20)11-22(23(29)30)27-24(31)32-12-19-16-7-3-1-5-14(16)15-6-2-4-8-17(15)19/h1-10,19,22,28H,11-12H2,(H,27,31)(H,29,30). The first-order valence-corrected chi connectivity index (χ1v) is 9.86. The summed E-state index contributed by atoms with van der Waals surface area (Å²) in [7, 11) is 0. The Morgan fingerprint density at radius 3 is 2.03 bits per heavy atom. The molecule has 0 radical (unpaired) electrons. The van der Waals surface area contributed by atoms with E-state index in [1.807, 2.05) is 48.5 Å². The summed E-state index contributed by atoms with van der Waals surface area (Å²) >= 11 is 0. The molecule has 32 heavy (non-hydrogen) atoms. The minimum atomic E-state index is -1.63. The molecule has 0 spiro atoms. The predicted octanol–water partition coefficient (Wildman–Crippen LogP) is 4.20. The van der Waals surface area contributed by atoms with Crippen molar-refractivity contribution < 1.29 is 33.3 Å². The zero-order valence-corrected chi connectivity index (χ0v) is 16.7. The number of carboxylic acid groups (broad SMARTS) is 1. The highest BCUT2D eigenvalue weighted by Gasteiger charge is 2.30. The average Bonchev–Trinajstić information content (AvgIpc) is 3.07. The molecule has 6 nitrogen and oxygen atoms in total. The van der Waals surface area contributed by atoms with Crippen LogP contribution in [0, 0.1) is 11.6 Å². The van der Waals surface area contributed by atoms with Gasteiger partial charge in [0.15, 0.2) is 0 Å². The molecule has 0 saturated heterocycles. The Morgan fingerprint density at radius 2 is 1.50 bits per heavy atom. The largest absolute Gasteiger partial charge is 0.508 e. The minimum absolute atomic E-state index is 0.0336. The number of phenols is 1. The molecule has 0 aromatic heterocycles. The molecular weight excluding hydrogens is 420 g/mol. The Bertz CT molecular complexity index is 1130. The topological polar surface area (TPSA) is 95.9 Å². The number of alkyl carbamates (subject to hydrolysis) is 1. The number of halogens is 2. The molecule has 3 aromatic carbocycles. The van der Waals surface area contributed by atoms with Crippen LogP contribution in [0.1, 0.15) is 22.6 Å². The second-order valence-electron chi connectivity index (χ2n) is 7.45. The lowest BCUT2D eigenvalue weighted by molar-refractivity contribution is -0.139. The van der Waals surface area contributed by atoms with Gasteiger partial charge in [-0.2, -0.15) is 0 Å². The summed E-state index contributed by atoms with van der Waals surface area (Å²) in [6.45, 7) is -0.0336. The van der Waals surface area contributed by atoms with Crippen LogP contribution in [0.25, 0.3) is 11.1 Å². The predicted molar refractivity (Wildman–Crippen MR) is 111 cm³/mol. The van der Waals surface area contributed by atoms with Crippen molar-refractivity contribution in [2.75, 3.05) is 6.61 Å². The van der Waals surface area contributed by atoms with E-state index in [-0.39, 0.29) is 12.5 Å². The molecule has 1 unspecified atom stereocenters. The van der Waals surface area contributed by atoms with Gasteiger partial charge in [-0.15, -0.1) is 0 Å². The highest BCUT2D eigenvalue weighted by molar-refractivity contribution is 5.81. The summed E-state index contributed by atoms with van der Waals surface area (Å²) in [4.78, 5) is 23.9. The van der Waals surface area contributed by atoms with Gasteiger partial charge in [-0.25, -0.2) is 18.4 Å². The molecule has 0 fully saturated rings. The Labute approximate surface area is 182 Å². The van der Waals surface area contributed by atoms with Crippen molar-refractivity contribution in [2.24, 2.45) is 0 Å². The number of amides is 1. The van der Waals surface area contributed by atoms with Crippen molar-refractivity contribution in [1.82, 2.24) is 5.32 Å². The van der Waals surface area contributed by atoms with E-state index in [0.717, 1.165) is 22.3 Å². The summed E-state index contributed by atoms with van der Waals surface area (Å²) in [5, 5.41) is 20.8. The van der Waals surface area contributed by atoms with Gasteiger partial charge in [-0.05, 0) is 22.3 Å². The van der Waals surface area contributed by atoms with E-state index in [4.69, 9.17) is 4.74 Å².